The zero-order chi connectivity index (χ0) is 21.2. The zero-order valence-electron chi connectivity index (χ0n) is 17.2. The van der Waals surface area contributed by atoms with Crippen molar-refractivity contribution in [2.75, 3.05) is 12.4 Å². The standard InChI is InChI=1S/C22H26N2O5/c1-13(2)19(24-20(25)14-6-9-16(27-5)10-7-14)21(26)23-15-8-11-17-18(12-15)29-22(3,4)28-17/h6-13,19H,1-5H3,(H,23,26)(H,24,25). The number of nitrogens with one attached hydrogen (secondary N) is 2. The van der Waals surface area contributed by atoms with Gasteiger partial charge in [0.25, 0.3) is 5.91 Å². The summed E-state index contributed by atoms with van der Waals surface area (Å²) in [6, 6.07) is 11.2. The smallest absolute Gasteiger partial charge is 0.251 e. The van der Waals surface area contributed by atoms with Crippen LogP contribution in [0, 0.1) is 5.92 Å². The molecule has 0 spiro atoms. The Bertz CT molecular complexity index is 906. The van der Waals surface area contributed by atoms with Crippen LogP contribution in [0.2, 0.25) is 0 Å². The maximum atomic E-state index is 12.8. The molecule has 0 aliphatic carbocycles. The SMILES string of the molecule is COc1ccc(C(=O)NC(C(=O)Nc2ccc3c(c2)OC(C)(C)O3)C(C)C)cc1. The number of methoxy groups -OCH3 is 1. The minimum Gasteiger partial charge on any atom is -0.497 e. The lowest BCUT2D eigenvalue weighted by atomic mass is 10.0. The van der Waals surface area contributed by atoms with Gasteiger partial charge in [-0.05, 0) is 42.3 Å². The van der Waals surface area contributed by atoms with Gasteiger partial charge in [-0.2, -0.15) is 0 Å². The van der Waals surface area contributed by atoms with Crippen molar-refractivity contribution in [2.24, 2.45) is 5.92 Å². The number of amides is 2. The third-order valence-corrected chi connectivity index (χ3v) is 4.51. The zero-order valence-corrected chi connectivity index (χ0v) is 17.2. The predicted octanol–water partition coefficient (Wildman–Crippen LogP) is 3.60. The molecule has 1 unspecified atom stereocenters. The van der Waals surface area contributed by atoms with E-state index >= 15 is 0 Å². The number of anilines is 1. The summed E-state index contributed by atoms with van der Waals surface area (Å²) in [4.78, 5) is 25.4. The lowest BCUT2D eigenvalue weighted by Gasteiger charge is -2.22. The average molecular weight is 398 g/mol. The fraction of sp³-hybridized carbons (Fsp3) is 0.364. The second-order valence-corrected chi connectivity index (χ2v) is 7.68. The van der Waals surface area contributed by atoms with E-state index in [4.69, 9.17) is 14.2 Å². The van der Waals surface area contributed by atoms with Crippen molar-refractivity contribution < 1.29 is 23.8 Å². The molecule has 1 aliphatic rings. The topological polar surface area (TPSA) is 85.9 Å². The minimum atomic E-state index is -0.738. The highest BCUT2D eigenvalue weighted by Gasteiger charge is 2.32. The van der Waals surface area contributed by atoms with E-state index in [1.54, 1.807) is 49.6 Å². The van der Waals surface area contributed by atoms with Crippen LogP contribution >= 0.6 is 0 Å². The number of rotatable bonds is 6. The van der Waals surface area contributed by atoms with Gasteiger partial charge in [0.1, 0.15) is 11.8 Å². The summed E-state index contributed by atoms with van der Waals surface area (Å²) < 4.78 is 16.5. The van der Waals surface area contributed by atoms with Gasteiger partial charge in [-0.25, -0.2) is 0 Å². The summed E-state index contributed by atoms with van der Waals surface area (Å²) in [5.41, 5.74) is 1.02. The van der Waals surface area contributed by atoms with Gasteiger partial charge in [0.15, 0.2) is 11.5 Å². The van der Waals surface area contributed by atoms with Crippen LogP contribution in [0.25, 0.3) is 0 Å². The highest BCUT2D eigenvalue weighted by Crippen LogP contribution is 2.40. The van der Waals surface area contributed by atoms with E-state index in [2.05, 4.69) is 10.6 Å². The third kappa shape index (κ3) is 4.80. The first-order valence-electron chi connectivity index (χ1n) is 9.46. The summed E-state index contributed by atoms with van der Waals surface area (Å²) in [7, 11) is 1.56. The molecule has 7 heteroatoms. The monoisotopic (exact) mass is 398 g/mol. The van der Waals surface area contributed by atoms with E-state index in [1.165, 1.54) is 0 Å². The van der Waals surface area contributed by atoms with Crippen molar-refractivity contribution in [3.63, 3.8) is 0 Å². The van der Waals surface area contributed by atoms with E-state index in [-0.39, 0.29) is 17.7 Å². The van der Waals surface area contributed by atoms with Gasteiger partial charge in [0.05, 0.1) is 7.11 Å². The number of ether oxygens (including phenoxy) is 3. The molecule has 2 amide bonds. The van der Waals surface area contributed by atoms with Crippen molar-refractivity contribution in [3.8, 4) is 17.2 Å². The maximum Gasteiger partial charge on any atom is 0.251 e. The van der Waals surface area contributed by atoms with Crippen molar-refractivity contribution in [1.82, 2.24) is 5.32 Å². The van der Waals surface area contributed by atoms with Crippen LogP contribution in [-0.2, 0) is 4.79 Å². The largest absolute Gasteiger partial charge is 0.497 e. The van der Waals surface area contributed by atoms with E-state index in [1.807, 2.05) is 27.7 Å². The molecule has 3 rings (SSSR count). The van der Waals surface area contributed by atoms with Crippen LogP contribution < -0.4 is 24.8 Å². The number of carbonyl (C=O) groups excluding carboxylic acids is 2. The Morgan fingerprint density at radius 2 is 1.66 bits per heavy atom. The summed E-state index contributed by atoms with van der Waals surface area (Å²) in [5.74, 6) is 0.375. The van der Waals surface area contributed by atoms with Crippen LogP contribution in [0.5, 0.6) is 17.2 Å². The maximum absolute atomic E-state index is 12.8. The van der Waals surface area contributed by atoms with Crippen molar-refractivity contribution in [3.05, 3.63) is 48.0 Å². The molecule has 2 aromatic rings. The molecule has 1 aliphatic heterocycles. The number of fused-ring (bicyclic) bond motifs is 1. The molecule has 1 heterocycles. The Hall–Kier alpha value is -3.22. The van der Waals surface area contributed by atoms with E-state index in [0.717, 1.165) is 0 Å². The molecule has 1 atom stereocenters. The normalized spacial score (nSPS) is 15.0. The molecular formula is C22H26N2O5. The first-order valence-corrected chi connectivity index (χ1v) is 9.46. The third-order valence-electron chi connectivity index (χ3n) is 4.51. The summed E-state index contributed by atoms with van der Waals surface area (Å²) >= 11 is 0. The first kappa shape index (κ1) is 20.5. The van der Waals surface area contributed by atoms with Crippen molar-refractivity contribution >= 4 is 17.5 Å². The quantitative estimate of drug-likeness (QED) is 0.777. The van der Waals surface area contributed by atoms with E-state index in [0.29, 0.717) is 28.5 Å². The molecule has 0 aromatic heterocycles. The van der Waals surface area contributed by atoms with E-state index < -0.39 is 11.8 Å². The average Bonchev–Trinajstić information content (AvgIpc) is 2.98. The first-order chi connectivity index (χ1) is 13.7. The van der Waals surface area contributed by atoms with Crippen LogP contribution in [0.15, 0.2) is 42.5 Å². The molecule has 7 nitrogen and oxygen atoms in total. The van der Waals surface area contributed by atoms with Gasteiger partial charge >= 0.3 is 0 Å². The van der Waals surface area contributed by atoms with Gasteiger partial charge in [-0.3, -0.25) is 9.59 Å². The number of benzene rings is 2. The van der Waals surface area contributed by atoms with Crippen LogP contribution in [0.4, 0.5) is 5.69 Å². The molecule has 2 aromatic carbocycles. The van der Waals surface area contributed by atoms with Crippen LogP contribution in [-0.4, -0.2) is 30.8 Å². The highest BCUT2D eigenvalue weighted by molar-refractivity contribution is 6.01. The molecule has 0 radical (unpaired) electrons. The second kappa shape index (κ2) is 8.03. The molecule has 0 saturated heterocycles. The van der Waals surface area contributed by atoms with Crippen LogP contribution in [0.3, 0.4) is 0 Å². The Balaban J connectivity index is 1.69. The molecule has 0 fully saturated rings. The van der Waals surface area contributed by atoms with Gasteiger partial charge in [0.2, 0.25) is 11.7 Å². The van der Waals surface area contributed by atoms with Crippen LogP contribution in [0.1, 0.15) is 38.1 Å². The Kier molecular flexibility index (Phi) is 5.68. The molecule has 154 valence electrons. The lowest BCUT2D eigenvalue weighted by Crippen LogP contribution is -2.47. The van der Waals surface area contributed by atoms with Crippen molar-refractivity contribution in [1.29, 1.82) is 0 Å². The number of hydrogen-bond donors (Lipinski definition) is 2. The summed E-state index contributed by atoms with van der Waals surface area (Å²) in [5, 5.41) is 5.65. The lowest BCUT2D eigenvalue weighted by molar-refractivity contribution is -0.118. The van der Waals surface area contributed by atoms with Gasteiger partial charge < -0.3 is 24.8 Å². The van der Waals surface area contributed by atoms with Gasteiger partial charge in [-0.1, -0.05) is 13.8 Å². The Morgan fingerprint density at radius 3 is 2.28 bits per heavy atom. The fourth-order valence-electron chi connectivity index (χ4n) is 3.02. The fourth-order valence-corrected chi connectivity index (χ4v) is 3.02. The predicted molar refractivity (Wildman–Crippen MR) is 109 cm³/mol. The molecule has 0 bridgehead atoms. The molecular weight excluding hydrogens is 372 g/mol. The summed E-state index contributed by atoms with van der Waals surface area (Å²) in [6.45, 7) is 7.38. The Morgan fingerprint density at radius 1 is 1.00 bits per heavy atom. The second-order valence-electron chi connectivity index (χ2n) is 7.68. The Labute approximate surface area is 170 Å². The number of carbonyl (C=O) groups is 2. The van der Waals surface area contributed by atoms with Gasteiger partial charge in [-0.15, -0.1) is 0 Å². The van der Waals surface area contributed by atoms with Crippen molar-refractivity contribution in [2.45, 2.75) is 39.5 Å². The highest BCUT2D eigenvalue weighted by atomic mass is 16.7. The molecule has 0 saturated carbocycles. The van der Waals surface area contributed by atoms with Gasteiger partial charge in [0, 0.05) is 31.2 Å². The molecule has 29 heavy (non-hydrogen) atoms. The summed E-state index contributed by atoms with van der Waals surface area (Å²) in [6.07, 6.45) is 0. The molecule has 2 N–H and O–H groups in total. The number of hydrogen-bond acceptors (Lipinski definition) is 5. The van der Waals surface area contributed by atoms with E-state index in [9.17, 15) is 9.59 Å². The minimum absolute atomic E-state index is 0.106.